The highest BCUT2D eigenvalue weighted by atomic mass is 16.6. The van der Waals surface area contributed by atoms with Gasteiger partial charge in [-0.05, 0) is 36.2 Å². The maximum absolute atomic E-state index is 13.1. The molecule has 2 aliphatic heterocycles. The maximum Gasteiger partial charge on any atom is 0.415 e. The maximum atomic E-state index is 13.1. The fourth-order valence-electron chi connectivity index (χ4n) is 4.51. The fraction of sp³-hybridized carbons (Fsp3) is 0.407. The number of carbonyl (C=O) groups is 3. The van der Waals surface area contributed by atoms with Gasteiger partial charge in [0.25, 0.3) is 5.91 Å². The van der Waals surface area contributed by atoms with E-state index >= 15 is 0 Å². The molecule has 2 amide bonds. The number of hydrogen-bond donors (Lipinski definition) is 2. The molecule has 10 heteroatoms. The number of rotatable bonds is 9. The Bertz CT molecular complexity index is 1120. The quantitative estimate of drug-likeness (QED) is 0.302. The van der Waals surface area contributed by atoms with Crippen molar-refractivity contribution in [2.24, 2.45) is 11.7 Å². The lowest BCUT2D eigenvalue weighted by molar-refractivity contribution is -0.151. The molecule has 2 unspecified atom stereocenters. The summed E-state index contributed by atoms with van der Waals surface area (Å²) in [5.41, 5.74) is 7.58. The summed E-state index contributed by atoms with van der Waals surface area (Å²) in [6.45, 7) is 5.19. The highest BCUT2D eigenvalue weighted by Gasteiger charge is 2.40. The highest BCUT2D eigenvalue weighted by Crippen LogP contribution is 2.23. The lowest BCUT2D eigenvalue weighted by Gasteiger charge is -2.36. The Hall–Kier alpha value is -3.92. The number of piperazine rings is 1. The molecule has 0 bridgehead atoms. The van der Waals surface area contributed by atoms with E-state index in [2.05, 4.69) is 4.90 Å². The minimum Gasteiger partial charge on any atom is -0.461 e. The van der Waals surface area contributed by atoms with E-state index in [1.165, 1.54) is 4.90 Å². The van der Waals surface area contributed by atoms with Crippen LogP contribution in [0.25, 0.3) is 0 Å². The molecule has 37 heavy (non-hydrogen) atoms. The van der Waals surface area contributed by atoms with Crippen LogP contribution in [0.5, 0.6) is 0 Å². The van der Waals surface area contributed by atoms with Crippen LogP contribution in [-0.4, -0.2) is 79.0 Å². The van der Waals surface area contributed by atoms with Gasteiger partial charge in [0.15, 0.2) is 6.10 Å². The van der Waals surface area contributed by atoms with E-state index in [0.717, 1.165) is 5.56 Å². The van der Waals surface area contributed by atoms with E-state index in [1.807, 2.05) is 37.3 Å². The number of carbonyl (C=O) groups excluding carboxylic acids is 3. The van der Waals surface area contributed by atoms with Crippen molar-refractivity contribution in [1.29, 1.82) is 5.41 Å². The van der Waals surface area contributed by atoms with Crippen LogP contribution in [0.4, 0.5) is 10.5 Å². The normalized spacial score (nSPS) is 18.8. The standard InChI is InChI=1S/C27H33N5O5/c1-2-20(26(34)36-18-19-6-4-3-5-7-19)16-30-12-14-31(15-13-30)25(33)23-17-32(27(35)37-23)22-10-8-21(9-11-22)24(28)29/h3-11,20,23H,2,12-18H2,1H3,(H3,28,29). The molecule has 2 atom stereocenters. The van der Waals surface area contributed by atoms with Gasteiger partial charge in [0.05, 0.1) is 12.5 Å². The zero-order chi connectivity index (χ0) is 26.4. The number of nitrogens with two attached hydrogens (primary N) is 1. The van der Waals surface area contributed by atoms with Crippen molar-refractivity contribution < 1.29 is 23.9 Å². The number of nitrogens with zero attached hydrogens (tertiary/aromatic N) is 3. The van der Waals surface area contributed by atoms with Gasteiger partial charge in [0, 0.05) is 44.0 Å². The minimum absolute atomic E-state index is 0.0583. The van der Waals surface area contributed by atoms with Crippen molar-refractivity contribution in [3.05, 3.63) is 65.7 Å². The summed E-state index contributed by atoms with van der Waals surface area (Å²) >= 11 is 0. The Morgan fingerprint density at radius 2 is 1.76 bits per heavy atom. The fourth-order valence-corrected chi connectivity index (χ4v) is 4.51. The van der Waals surface area contributed by atoms with Crippen LogP contribution in [0, 0.1) is 11.3 Å². The summed E-state index contributed by atoms with van der Waals surface area (Å²) in [7, 11) is 0. The van der Waals surface area contributed by atoms with E-state index < -0.39 is 12.2 Å². The molecule has 2 aromatic carbocycles. The Kier molecular flexibility index (Phi) is 8.39. The summed E-state index contributed by atoms with van der Waals surface area (Å²) in [4.78, 5) is 43.4. The van der Waals surface area contributed by atoms with Crippen molar-refractivity contribution in [2.75, 3.05) is 44.2 Å². The van der Waals surface area contributed by atoms with Crippen LogP contribution in [0.2, 0.25) is 0 Å². The molecule has 2 saturated heterocycles. The average molecular weight is 508 g/mol. The predicted molar refractivity (Wildman–Crippen MR) is 138 cm³/mol. The number of amidine groups is 1. The number of hydrogen-bond acceptors (Lipinski definition) is 7. The molecule has 2 aliphatic rings. The van der Waals surface area contributed by atoms with Crippen LogP contribution in [0.3, 0.4) is 0 Å². The number of anilines is 1. The molecule has 4 rings (SSSR count). The van der Waals surface area contributed by atoms with E-state index in [1.54, 1.807) is 29.2 Å². The zero-order valence-corrected chi connectivity index (χ0v) is 21.0. The minimum atomic E-state index is -0.872. The molecule has 2 heterocycles. The van der Waals surface area contributed by atoms with Crippen molar-refractivity contribution >= 4 is 29.5 Å². The molecule has 10 nitrogen and oxygen atoms in total. The van der Waals surface area contributed by atoms with Crippen molar-refractivity contribution in [3.8, 4) is 0 Å². The number of benzene rings is 2. The highest BCUT2D eigenvalue weighted by molar-refractivity contribution is 5.97. The van der Waals surface area contributed by atoms with Gasteiger partial charge in [0.1, 0.15) is 12.4 Å². The molecular weight excluding hydrogens is 474 g/mol. The van der Waals surface area contributed by atoms with Crippen LogP contribution >= 0.6 is 0 Å². The molecule has 2 aromatic rings. The van der Waals surface area contributed by atoms with Gasteiger partial charge in [-0.15, -0.1) is 0 Å². The molecule has 3 N–H and O–H groups in total. The van der Waals surface area contributed by atoms with Crippen LogP contribution in [0.1, 0.15) is 24.5 Å². The SMILES string of the molecule is CCC(CN1CCN(C(=O)C2CN(c3ccc(C(=N)N)cc3)C(=O)O2)CC1)C(=O)OCc1ccccc1. The molecule has 0 spiro atoms. The second-order valence-electron chi connectivity index (χ2n) is 9.27. The van der Waals surface area contributed by atoms with Crippen molar-refractivity contribution in [3.63, 3.8) is 0 Å². The number of amides is 2. The second kappa shape index (κ2) is 11.9. The van der Waals surface area contributed by atoms with E-state index in [4.69, 9.17) is 20.6 Å². The lowest BCUT2D eigenvalue weighted by atomic mass is 10.1. The van der Waals surface area contributed by atoms with Gasteiger partial charge in [-0.3, -0.25) is 24.8 Å². The lowest BCUT2D eigenvalue weighted by Crippen LogP contribution is -2.53. The smallest absolute Gasteiger partial charge is 0.415 e. The Morgan fingerprint density at radius 1 is 1.08 bits per heavy atom. The first-order chi connectivity index (χ1) is 17.9. The molecule has 0 radical (unpaired) electrons. The molecule has 196 valence electrons. The summed E-state index contributed by atoms with van der Waals surface area (Å²) in [6.07, 6.45) is -0.774. The topological polar surface area (TPSA) is 129 Å². The van der Waals surface area contributed by atoms with E-state index in [9.17, 15) is 14.4 Å². The largest absolute Gasteiger partial charge is 0.461 e. The first kappa shape index (κ1) is 26.2. The van der Waals surface area contributed by atoms with Crippen LogP contribution < -0.4 is 10.6 Å². The third kappa shape index (κ3) is 6.45. The summed E-state index contributed by atoms with van der Waals surface area (Å²) in [5.74, 6) is -0.717. The molecular formula is C27H33N5O5. The number of ether oxygens (including phenoxy) is 2. The van der Waals surface area contributed by atoms with Crippen molar-refractivity contribution in [2.45, 2.75) is 26.1 Å². The molecule has 2 fully saturated rings. The first-order valence-corrected chi connectivity index (χ1v) is 12.5. The van der Waals surface area contributed by atoms with Gasteiger partial charge in [0.2, 0.25) is 0 Å². The van der Waals surface area contributed by atoms with Gasteiger partial charge < -0.3 is 20.1 Å². The Labute approximate surface area is 216 Å². The molecule has 0 aromatic heterocycles. The van der Waals surface area contributed by atoms with Gasteiger partial charge in [-0.2, -0.15) is 0 Å². The number of nitrogens with one attached hydrogen (secondary N) is 1. The van der Waals surface area contributed by atoms with Gasteiger partial charge in [-0.25, -0.2) is 4.79 Å². The Morgan fingerprint density at radius 3 is 2.38 bits per heavy atom. The predicted octanol–water partition coefficient (Wildman–Crippen LogP) is 2.21. The van der Waals surface area contributed by atoms with E-state index in [0.29, 0.717) is 50.4 Å². The zero-order valence-electron chi connectivity index (χ0n) is 21.0. The monoisotopic (exact) mass is 507 g/mol. The summed E-state index contributed by atoms with van der Waals surface area (Å²) in [5, 5.41) is 7.49. The van der Waals surface area contributed by atoms with Gasteiger partial charge >= 0.3 is 12.1 Å². The third-order valence-corrected chi connectivity index (χ3v) is 6.79. The third-order valence-electron chi connectivity index (χ3n) is 6.79. The second-order valence-corrected chi connectivity index (χ2v) is 9.27. The number of cyclic esters (lactones) is 1. The first-order valence-electron chi connectivity index (χ1n) is 12.5. The number of nitrogen functional groups attached to an aromatic ring is 1. The van der Waals surface area contributed by atoms with Crippen LogP contribution in [-0.2, 0) is 25.7 Å². The van der Waals surface area contributed by atoms with Gasteiger partial charge in [-0.1, -0.05) is 37.3 Å². The number of esters is 1. The van der Waals surface area contributed by atoms with E-state index in [-0.39, 0.29) is 36.8 Å². The Balaban J connectivity index is 1.24. The average Bonchev–Trinajstić information content (AvgIpc) is 3.32. The van der Waals surface area contributed by atoms with Crippen LogP contribution in [0.15, 0.2) is 54.6 Å². The molecule has 0 aliphatic carbocycles. The molecule has 0 saturated carbocycles. The van der Waals surface area contributed by atoms with Crippen molar-refractivity contribution in [1.82, 2.24) is 9.80 Å². The summed E-state index contributed by atoms with van der Waals surface area (Å²) < 4.78 is 10.9. The summed E-state index contributed by atoms with van der Waals surface area (Å²) in [6, 6.07) is 16.3.